The van der Waals surface area contributed by atoms with Gasteiger partial charge in [0.05, 0.1) is 6.42 Å². The first kappa shape index (κ1) is 17.1. The van der Waals surface area contributed by atoms with Gasteiger partial charge in [0, 0.05) is 15.3 Å². The fraction of sp³-hybridized carbons (Fsp3) is 0.533. The van der Waals surface area contributed by atoms with Gasteiger partial charge in [-0.2, -0.15) is 0 Å². The van der Waals surface area contributed by atoms with Crippen LogP contribution in [0.1, 0.15) is 25.6 Å². The monoisotopic (exact) mass is 369 g/mol. The number of thiophene rings is 1. The van der Waals surface area contributed by atoms with Crippen LogP contribution < -0.4 is 11.1 Å². The number of carboxylic acids is 1. The molecule has 0 aliphatic carbocycles. The number of fused-ring (bicyclic) bond motifs is 1. The van der Waals surface area contributed by atoms with Gasteiger partial charge in [-0.05, 0) is 32.2 Å². The minimum absolute atomic E-state index is 0.107. The quantitative estimate of drug-likeness (QED) is 0.680. The van der Waals surface area contributed by atoms with Gasteiger partial charge >= 0.3 is 5.97 Å². The molecule has 0 aromatic carbocycles. The number of amides is 2. The average Bonchev–Trinajstić information content (AvgIpc) is 2.98. The molecule has 9 heteroatoms. The number of anilines is 1. The van der Waals surface area contributed by atoms with Crippen molar-refractivity contribution in [2.24, 2.45) is 0 Å². The largest absolute Gasteiger partial charge is 0.480 e. The van der Waals surface area contributed by atoms with E-state index in [9.17, 15) is 19.5 Å². The zero-order chi connectivity index (χ0) is 17.9. The number of carbonyl (C=O) groups is 3. The van der Waals surface area contributed by atoms with Gasteiger partial charge in [-0.1, -0.05) is 0 Å². The van der Waals surface area contributed by atoms with Gasteiger partial charge < -0.3 is 21.1 Å². The average molecular weight is 369 g/mol. The third kappa shape index (κ3) is 2.37. The topological polar surface area (TPSA) is 113 Å². The molecule has 7 nitrogen and oxygen atoms in total. The predicted molar refractivity (Wildman–Crippen MR) is 92.7 cm³/mol. The highest BCUT2D eigenvalue weighted by Crippen LogP contribution is 2.54. The summed E-state index contributed by atoms with van der Waals surface area (Å²) in [4.78, 5) is 38.6. The molecule has 2 amide bonds. The number of nitrogen functional groups attached to an aromatic ring is 1. The Labute approximate surface area is 147 Å². The number of rotatable bonds is 4. The number of nitrogens with zero attached hydrogens (tertiary/aromatic N) is 1. The fourth-order valence-corrected chi connectivity index (χ4v) is 5.75. The Bertz CT molecular complexity index is 732. The molecule has 2 aliphatic heterocycles. The normalized spacial score (nSPS) is 30.6. The highest BCUT2D eigenvalue weighted by Gasteiger charge is 2.70. The van der Waals surface area contributed by atoms with Crippen LogP contribution in [0.2, 0.25) is 0 Å². The van der Waals surface area contributed by atoms with E-state index in [1.54, 1.807) is 26.8 Å². The summed E-state index contributed by atoms with van der Waals surface area (Å²) in [5.41, 5.74) is 5.26. The predicted octanol–water partition coefficient (Wildman–Crippen LogP) is 0.895. The van der Waals surface area contributed by atoms with Crippen LogP contribution in [0.3, 0.4) is 0 Å². The standard InChI is InChI=1S/C15H19N3O4S2/c1-14(2)10(11(20)21)18-12(22)15(3,13(18)24-14)17-9(19)6-8-7(16)4-5-23-8/h4-5,10,13H,6,16H2,1-3H3,(H,17,19)(H,20,21)/t10-,13+,15?/m0/s1. The van der Waals surface area contributed by atoms with E-state index in [1.807, 2.05) is 5.38 Å². The highest BCUT2D eigenvalue weighted by molar-refractivity contribution is 8.01. The molecule has 4 N–H and O–H groups in total. The zero-order valence-corrected chi connectivity index (χ0v) is 15.2. The zero-order valence-electron chi connectivity index (χ0n) is 13.5. The van der Waals surface area contributed by atoms with Crippen molar-refractivity contribution >= 4 is 46.6 Å². The summed E-state index contributed by atoms with van der Waals surface area (Å²) in [6.45, 7) is 5.26. The van der Waals surface area contributed by atoms with Crippen molar-refractivity contribution < 1.29 is 19.5 Å². The molecule has 130 valence electrons. The molecule has 3 heterocycles. The van der Waals surface area contributed by atoms with Crippen LogP contribution in [0, 0.1) is 0 Å². The van der Waals surface area contributed by atoms with Gasteiger partial charge in [-0.15, -0.1) is 23.1 Å². The molecule has 24 heavy (non-hydrogen) atoms. The van der Waals surface area contributed by atoms with Crippen molar-refractivity contribution in [2.75, 3.05) is 5.73 Å². The van der Waals surface area contributed by atoms with E-state index in [0.29, 0.717) is 5.69 Å². The SMILES string of the molecule is CC1(C)S[C@H]2N(C(=O)C2(C)NC(=O)Cc2sccc2N)[C@H]1C(=O)O. The summed E-state index contributed by atoms with van der Waals surface area (Å²) >= 11 is 2.79. The van der Waals surface area contributed by atoms with Crippen molar-refractivity contribution in [1.29, 1.82) is 0 Å². The fourth-order valence-electron chi connectivity index (χ4n) is 3.31. The first-order valence-electron chi connectivity index (χ1n) is 7.44. The van der Waals surface area contributed by atoms with Gasteiger partial charge in [-0.3, -0.25) is 9.59 Å². The van der Waals surface area contributed by atoms with Crippen LogP contribution in [0.15, 0.2) is 11.4 Å². The summed E-state index contributed by atoms with van der Waals surface area (Å²) < 4.78 is -0.618. The number of aliphatic carboxylic acids is 1. The third-order valence-electron chi connectivity index (χ3n) is 4.51. The number of carboxylic acid groups (broad SMARTS) is 1. The van der Waals surface area contributed by atoms with Gasteiger partial charge in [0.15, 0.2) is 0 Å². The molecule has 3 rings (SSSR count). The third-order valence-corrected chi connectivity index (χ3v) is 7.20. The van der Waals surface area contributed by atoms with Crippen molar-refractivity contribution in [3.63, 3.8) is 0 Å². The smallest absolute Gasteiger partial charge is 0.327 e. The second-order valence-electron chi connectivity index (χ2n) is 6.75. The molecule has 0 saturated carbocycles. The number of β-lactam (4-membered cyclic amide) rings is 1. The van der Waals surface area contributed by atoms with E-state index in [-0.39, 0.29) is 23.6 Å². The Hall–Kier alpha value is -1.74. The highest BCUT2D eigenvalue weighted by atomic mass is 32.2. The van der Waals surface area contributed by atoms with Crippen LogP contribution in [0.5, 0.6) is 0 Å². The van der Waals surface area contributed by atoms with Crippen LogP contribution in [-0.2, 0) is 20.8 Å². The van der Waals surface area contributed by atoms with Gasteiger partial charge in [0.25, 0.3) is 5.91 Å². The lowest BCUT2D eigenvalue weighted by atomic mass is 9.86. The van der Waals surface area contributed by atoms with E-state index in [2.05, 4.69) is 5.32 Å². The number of nitrogens with one attached hydrogen (secondary N) is 1. The van der Waals surface area contributed by atoms with E-state index in [0.717, 1.165) is 4.88 Å². The van der Waals surface area contributed by atoms with E-state index in [1.165, 1.54) is 28.0 Å². The first-order valence-corrected chi connectivity index (χ1v) is 9.20. The summed E-state index contributed by atoms with van der Waals surface area (Å²) in [5, 5.41) is 13.6. The van der Waals surface area contributed by atoms with E-state index < -0.39 is 22.3 Å². The molecular weight excluding hydrogens is 350 g/mol. The molecular formula is C15H19N3O4S2. The van der Waals surface area contributed by atoms with Crippen molar-refractivity contribution in [3.8, 4) is 0 Å². The molecule has 3 atom stereocenters. The van der Waals surface area contributed by atoms with Crippen LogP contribution in [0.4, 0.5) is 5.69 Å². The summed E-state index contributed by atoms with van der Waals surface area (Å²) in [6, 6.07) is 0.843. The van der Waals surface area contributed by atoms with Crippen molar-refractivity contribution in [1.82, 2.24) is 10.2 Å². The molecule has 0 bridgehead atoms. The Kier molecular flexibility index (Phi) is 3.83. The molecule has 2 aliphatic rings. The van der Waals surface area contributed by atoms with Crippen LogP contribution in [0.25, 0.3) is 0 Å². The van der Waals surface area contributed by atoms with Gasteiger partial charge in [-0.25, -0.2) is 4.79 Å². The number of nitrogens with two attached hydrogens (primary N) is 1. The number of hydrogen-bond donors (Lipinski definition) is 3. The molecule has 1 aromatic rings. The van der Waals surface area contributed by atoms with Crippen LogP contribution in [-0.4, -0.2) is 49.5 Å². The maximum Gasteiger partial charge on any atom is 0.327 e. The number of hydrogen-bond acceptors (Lipinski definition) is 6. The minimum atomic E-state index is -1.09. The van der Waals surface area contributed by atoms with Gasteiger partial charge in [0.1, 0.15) is 17.0 Å². The maximum absolute atomic E-state index is 12.6. The lowest BCUT2D eigenvalue weighted by molar-refractivity contribution is -0.167. The Morgan fingerprint density at radius 2 is 2.08 bits per heavy atom. The minimum Gasteiger partial charge on any atom is -0.480 e. The first-order chi connectivity index (χ1) is 11.1. The summed E-state index contributed by atoms with van der Waals surface area (Å²) in [7, 11) is 0. The Morgan fingerprint density at radius 3 is 2.62 bits per heavy atom. The molecule has 0 radical (unpaired) electrons. The summed E-state index contributed by atoms with van der Waals surface area (Å²) in [6.07, 6.45) is 0.107. The van der Waals surface area contributed by atoms with E-state index in [4.69, 9.17) is 5.73 Å². The Morgan fingerprint density at radius 1 is 1.42 bits per heavy atom. The van der Waals surface area contributed by atoms with Crippen molar-refractivity contribution in [3.05, 3.63) is 16.3 Å². The second kappa shape index (κ2) is 5.38. The van der Waals surface area contributed by atoms with Gasteiger partial charge in [0.2, 0.25) is 5.91 Å². The van der Waals surface area contributed by atoms with Crippen molar-refractivity contribution in [2.45, 2.75) is 48.9 Å². The molecule has 1 aromatic heterocycles. The molecule has 1 unspecified atom stereocenters. The van der Waals surface area contributed by atoms with E-state index >= 15 is 0 Å². The molecule has 2 saturated heterocycles. The second-order valence-corrected chi connectivity index (χ2v) is 9.49. The Balaban J connectivity index is 1.76. The molecule has 2 fully saturated rings. The molecule has 0 spiro atoms. The summed E-state index contributed by atoms with van der Waals surface area (Å²) in [5.74, 6) is -1.68. The maximum atomic E-state index is 12.6. The van der Waals surface area contributed by atoms with Crippen LogP contribution >= 0.6 is 23.1 Å². The lowest BCUT2D eigenvalue weighted by Gasteiger charge is -2.51. The number of thioether (sulfide) groups is 1. The lowest BCUT2D eigenvalue weighted by Crippen LogP contribution is -2.78. The number of carbonyl (C=O) groups excluding carboxylic acids is 2.